The molecule has 6 heterocycles. The molecule has 147 heavy (non-hydrogen) atoms. The van der Waals surface area contributed by atoms with Crippen molar-refractivity contribution in [2.75, 3.05) is 44.1 Å². The summed E-state index contributed by atoms with van der Waals surface area (Å²) in [5, 5.41) is 11.4. The summed E-state index contributed by atoms with van der Waals surface area (Å²) < 4.78 is 196. The van der Waals surface area contributed by atoms with Gasteiger partial charge in [0.25, 0.3) is 17.7 Å². The number of nitrogens with zero attached hydrogens (tertiary/aromatic N) is 6. The Labute approximate surface area is 909 Å². The zero-order valence-corrected chi connectivity index (χ0v) is 89.5. The van der Waals surface area contributed by atoms with Crippen LogP contribution >= 0.6 is 127 Å². The molecule has 0 fully saturated rings. The molecule has 15 rings (SSSR count). The van der Waals surface area contributed by atoms with Crippen LogP contribution < -0.4 is 44.7 Å². The number of ketones is 7. The smallest absolute Gasteiger partial charge is 0.748 e. The summed E-state index contributed by atoms with van der Waals surface area (Å²) in [4.78, 5) is 136. The standard InChI is InChI=1S/C30H20Cl3F2N3O5S.C30H18Cl3F2N3O5S.C27H14Cl3F2N3O2.C3H5ClO3S.C3H5ClO.C3H6O4S.Na/c2*1-15(39)14-44(42,43)37-24-10-9-23(34)26(27(24)35)28(40)20-13-38(30(41)25-21(32)3-2-4-22(25)33)29-19(20)11-17(12-36-29)16-5-7-18(31)8-6-16;28-15-6-4-13(5-7-15)14-10-16-17(25(36)23-20(31)8-9-21(33)24(23)32)12-35(26(16)34-11-14)27(37)22-18(29)2-1-3-19(22)30;1-3(5)2-8(4,6)7;1-3(5)2-4;1-3(4)2-8(5,6)7;/h2-13,15,37,39H,14H2,1H3;2-13,37H,14H2,1H3;1-12H,33H2;2H2,1H3;2H2,1H3;2H2,1H3,(H,5,6,7);/q;;;;;;+1/p-1. The van der Waals surface area contributed by atoms with Gasteiger partial charge in [-0.3, -0.25) is 71.1 Å². The van der Waals surface area contributed by atoms with Crippen LogP contribution in [-0.2, 0) is 58.4 Å². The van der Waals surface area contributed by atoms with Crippen molar-refractivity contribution in [3.63, 3.8) is 0 Å². The summed E-state index contributed by atoms with van der Waals surface area (Å²) in [6.07, 6.45) is 6.38. The minimum absolute atomic E-state index is 0. The van der Waals surface area contributed by atoms with Crippen LogP contribution in [0.4, 0.5) is 43.4 Å². The summed E-state index contributed by atoms with van der Waals surface area (Å²) in [7, 11) is -11.9. The molecule has 0 bridgehead atoms. The molecule has 0 saturated carbocycles. The molecule has 0 radical (unpaired) electrons. The second kappa shape index (κ2) is 50.8. The fraction of sp³-hybridized carbons (Fsp3) is 0.115. The molecule has 1 unspecified atom stereocenters. The van der Waals surface area contributed by atoms with Gasteiger partial charge in [-0.1, -0.05) is 159 Å². The van der Waals surface area contributed by atoms with Gasteiger partial charge in [-0.05, 0) is 179 Å². The quantitative estimate of drug-likeness (QED) is 0.00785. The molecule has 0 aliphatic heterocycles. The Kier molecular flexibility index (Phi) is 41.2. The summed E-state index contributed by atoms with van der Waals surface area (Å²) in [6.45, 7) is 5.91. The number of alkyl halides is 1. The first-order valence-electron chi connectivity index (χ1n) is 41.0. The van der Waals surface area contributed by atoms with Crippen LogP contribution in [-0.4, -0.2) is 165 Å². The molecule has 15 aromatic rings. The molecular formula is C96H67Cl11F6N9NaO20S4. The largest absolute Gasteiger partial charge is 1.00 e. The number of carbonyl (C=O) groups is 10. The third-order valence-electron chi connectivity index (χ3n) is 19.7. The molecule has 0 aliphatic carbocycles. The molecule has 0 spiro atoms. The van der Waals surface area contributed by atoms with E-state index in [0.29, 0.717) is 54.5 Å². The number of sulfonamides is 2. The number of Topliss-reactive ketones (excluding diaryl/α,β-unsaturated/α-hetero) is 4. The van der Waals surface area contributed by atoms with E-state index in [9.17, 15) is 100 Å². The molecule has 0 saturated heterocycles. The number of hydrogen-bond acceptors (Lipinski definition) is 24. The van der Waals surface area contributed by atoms with E-state index in [1.807, 2.05) is 9.44 Å². The van der Waals surface area contributed by atoms with E-state index in [4.69, 9.17) is 122 Å². The van der Waals surface area contributed by atoms with Crippen LogP contribution in [0.3, 0.4) is 0 Å². The average molecular weight is 2320 g/mol. The Morgan fingerprint density at radius 2 is 0.660 bits per heavy atom. The SMILES string of the molecule is CC(=O)CCl.CC(=O)CS(=O)(=O)Cl.CC(=O)CS(=O)(=O)Nc1ccc(F)c(C(=O)c2cn(C(=O)c3c(Cl)cccc3Cl)c3ncc(-c4ccc(Cl)cc4)cc23)c1F.CC(=O)CS(=O)(=O)[O-].CC(O)CS(=O)(=O)Nc1ccc(F)c(C(=O)c2cn(C(=O)c3c(Cl)cccc3Cl)c3ncc(-c4ccc(Cl)cc4)cc23)c1F.Nc1ccc(F)c(C(=O)c2cn(C(=O)c3c(Cl)cccc3Cl)c3ncc(-c4ccc(Cl)cc4)cc23)c1F.[Na+]. The Balaban J connectivity index is 0.000000222. The first kappa shape index (κ1) is 119. The van der Waals surface area contributed by atoms with Crippen LogP contribution in [0, 0.1) is 34.9 Å². The number of hydrogen-bond donors (Lipinski definition) is 4. The third kappa shape index (κ3) is 30.5. The number of nitrogen functional groups attached to an aromatic ring is 1. The summed E-state index contributed by atoms with van der Waals surface area (Å²) in [5.74, 6) is -18.4. The number of benzene rings is 9. The number of aliphatic hydroxyl groups is 1. The maximum atomic E-state index is 15.7. The van der Waals surface area contributed by atoms with E-state index in [1.54, 1.807) is 84.9 Å². The number of nitrogens with one attached hydrogen (secondary N) is 2. The van der Waals surface area contributed by atoms with E-state index in [0.717, 1.165) is 76.5 Å². The zero-order chi connectivity index (χ0) is 108. The minimum Gasteiger partial charge on any atom is -0.748 e. The number of aliphatic hydroxyl groups excluding tert-OH is 1. The normalized spacial score (nSPS) is 11.4. The third-order valence-corrected chi connectivity index (χ3v) is 27.3. The fourth-order valence-corrected chi connectivity index (χ4v) is 19.4. The average Bonchev–Trinajstić information content (AvgIpc) is 1.61. The number of aromatic nitrogens is 6. The summed E-state index contributed by atoms with van der Waals surface area (Å²) in [5.41, 5.74) is 3.17. The zero-order valence-electron chi connectivity index (χ0n) is 75.9. The molecule has 760 valence electrons. The van der Waals surface area contributed by atoms with Crippen molar-refractivity contribution < 1.29 is 147 Å². The molecule has 1 atom stereocenters. The molecule has 9 aromatic carbocycles. The van der Waals surface area contributed by atoms with Gasteiger partial charge in [0.05, 0.1) is 121 Å². The fourth-order valence-electron chi connectivity index (χ4n) is 13.5. The molecule has 0 aliphatic rings. The Morgan fingerprint density at radius 1 is 0.388 bits per heavy atom. The Bertz CT molecular complexity index is 8210. The Hall–Kier alpha value is -11.4. The molecule has 29 nitrogen and oxygen atoms in total. The van der Waals surface area contributed by atoms with Crippen molar-refractivity contribution in [3.8, 4) is 33.4 Å². The van der Waals surface area contributed by atoms with Gasteiger partial charge in [0.15, 0.2) is 17.5 Å². The number of nitrogens with two attached hydrogens (primary N) is 1. The predicted octanol–water partition coefficient (Wildman–Crippen LogP) is 18.7. The molecule has 51 heteroatoms. The van der Waals surface area contributed by atoms with Crippen molar-refractivity contribution in [1.29, 1.82) is 0 Å². The van der Waals surface area contributed by atoms with E-state index in [-0.39, 0.29) is 138 Å². The number of fused-ring (bicyclic) bond motifs is 3. The Morgan fingerprint density at radius 3 is 0.905 bits per heavy atom. The van der Waals surface area contributed by atoms with Crippen molar-refractivity contribution in [3.05, 3.63) is 349 Å². The van der Waals surface area contributed by atoms with Gasteiger partial charge in [-0.2, -0.15) is 0 Å². The van der Waals surface area contributed by atoms with Crippen molar-refractivity contribution >= 4 is 274 Å². The number of anilines is 3. The van der Waals surface area contributed by atoms with E-state index >= 15 is 17.6 Å². The number of pyridine rings is 3. The second-order valence-corrected chi connectivity index (χ2v) is 42.7. The van der Waals surface area contributed by atoms with Crippen LogP contribution in [0.1, 0.15) is 113 Å². The van der Waals surface area contributed by atoms with Gasteiger partial charge in [0, 0.05) is 95.8 Å². The van der Waals surface area contributed by atoms with Crippen molar-refractivity contribution in [2.24, 2.45) is 0 Å². The summed E-state index contributed by atoms with van der Waals surface area (Å²) in [6, 6.07) is 43.1. The van der Waals surface area contributed by atoms with E-state index < -0.39 is 189 Å². The molecule has 6 aromatic heterocycles. The summed E-state index contributed by atoms with van der Waals surface area (Å²) >= 11 is 60.5. The predicted molar refractivity (Wildman–Crippen MR) is 547 cm³/mol. The van der Waals surface area contributed by atoms with Crippen LogP contribution in [0.5, 0.6) is 0 Å². The molecular weight excluding hydrogens is 2250 g/mol. The second-order valence-electron chi connectivity index (χ2n) is 31.1. The maximum absolute atomic E-state index is 15.7. The van der Waals surface area contributed by atoms with Gasteiger partial charge in [-0.15, -0.1) is 11.6 Å². The number of carbonyl (C=O) groups excluding carboxylic acids is 10. The van der Waals surface area contributed by atoms with Crippen molar-refractivity contribution in [1.82, 2.24) is 28.7 Å². The topological polar surface area (TPSA) is 454 Å². The van der Waals surface area contributed by atoms with Crippen LogP contribution in [0.2, 0.25) is 45.2 Å². The molecule has 5 N–H and O–H groups in total. The molecule has 0 amide bonds. The van der Waals surface area contributed by atoms with E-state index in [1.165, 1.54) is 100 Å². The van der Waals surface area contributed by atoms with E-state index in [2.05, 4.69) is 25.6 Å². The van der Waals surface area contributed by atoms with Gasteiger partial charge in [-0.25, -0.2) is 75.0 Å². The first-order valence-corrected chi connectivity index (χ1v) is 52.3. The van der Waals surface area contributed by atoms with Gasteiger partial charge in [0.2, 0.25) is 46.4 Å². The van der Waals surface area contributed by atoms with Gasteiger partial charge < -0.3 is 15.4 Å². The maximum Gasteiger partial charge on any atom is 1.00 e. The van der Waals surface area contributed by atoms with Gasteiger partial charge >= 0.3 is 29.6 Å². The van der Waals surface area contributed by atoms with Gasteiger partial charge in [0.1, 0.15) is 79.2 Å². The first-order chi connectivity index (χ1) is 68.3. The van der Waals surface area contributed by atoms with Crippen LogP contribution in [0.15, 0.2) is 219 Å². The van der Waals surface area contributed by atoms with Crippen LogP contribution in [0.25, 0.3) is 66.5 Å². The van der Waals surface area contributed by atoms with Crippen molar-refractivity contribution in [2.45, 2.75) is 40.7 Å². The minimum atomic E-state index is -4.36. The number of halogens is 17. The number of rotatable bonds is 25. The monoisotopic (exact) mass is 2310 g/mol.